The SMILES string of the molecule is CC(C)(C)OC(=O)NCCCC[C@H](NC(=O)CCOCCOCCN=[N+]=[N-])C(=O)N[C@@H](CCCCNC(=O)OCc1ccccc1)C(=O)OC(C)(C)C. The van der Waals surface area contributed by atoms with Gasteiger partial charge in [-0.3, -0.25) is 9.59 Å². The number of carbonyl (C=O) groups is 5. The van der Waals surface area contributed by atoms with E-state index >= 15 is 0 Å². The Morgan fingerprint density at radius 2 is 1.32 bits per heavy atom. The smallest absolute Gasteiger partial charge is 0.407 e. The molecule has 1 aromatic rings. The maximum atomic E-state index is 13.6. The quantitative estimate of drug-likeness (QED) is 0.0266. The molecular formula is C36H59N7O10. The maximum Gasteiger partial charge on any atom is 0.407 e. The fourth-order valence-corrected chi connectivity index (χ4v) is 4.48. The molecule has 1 rings (SSSR count). The highest BCUT2D eigenvalue weighted by molar-refractivity contribution is 5.90. The van der Waals surface area contributed by atoms with Crippen LogP contribution in [0.3, 0.4) is 0 Å². The summed E-state index contributed by atoms with van der Waals surface area (Å²) in [4.78, 5) is 66.4. The van der Waals surface area contributed by atoms with E-state index in [1.165, 1.54) is 0 Å². The summed E-state index contributed by atoms with van der Waals surface area (Å²) in [7, 11) is 0. The molecule has 0 saturated carbocycles. The Morgan fingerprint density at radius 3 is 1.92 bits per heavy atom. The molecule has 0 aliphatic carbocycles. The van der Waals surface area contributed by atoms with Crippen LogP contribution in [0, 0.1) is 0 Å². The molecule has 4 amide bonds. The van der Waals surface area contributed by atoms with Gasteiger partial charge in [0.1, 0.15) is 29.9 Å². The molecule has 0 fully saturated rings. The van der Waals surface area contributed by atoms with E-state index in [1.54, 1.807) is 41.5 Å². The van der Waals surface area contributed by atoms with Gasteiger partial charge in [0.05, 0.1) is 26.4 Å². The van der Waals surface area contributed by atoms with Crippen LogP contribution in [0.2, 0.25) is 0 Å². The van der Waals surface area contributed by atoms with Crippen LogP contribution in [0.15, 0.2) is 35.4 Å². The topological polar surface area (TPSA) is 228 Å². The van der Waals surface area contributed by atoms with Crippen molar-refractivity contribution in [2.24, 2.45) is 5.11 Å². The van der Waals surface area contributed by atoms with Crippen LogP contribution in [0.1, 0.15) is 92.1 Å². The number of esters is 1. The van der Waals surface area contributed by atoms with Gasteiger partial charge in [0, 0.05) is 31.0 Å². The van der Waals surface area contributed by atoms with Gasteiger partial charge < -0.3 is 45.0 Å². The fraction of sp³-hybridized carbons (Fsp3) is 0.694. The van der Waals surface area contributed by atoms with Crippen molar-refractivity contribution in [2.75, 3.05) is 46.1 Å². The predicted molar refractivity (Wildman–Crippen MR) is 197 cm³/mol. The Hall–Kier alpha value is -4.60. The third kappa shape index (κ3) is 25.9. The summed E-state index contributed by atoms with van der Waals surface area (Å²) < 4.78 is 26.8. The predicted octanol–water partition coefficient (Wildman–Crippen LogP) is 4.82. The van der Waals surface area contributed by atoms with Gasteiger partial charge in [0.2, 0.25) is 11.8 Å². The number of benzene rings is 1. The number of rotatable bonds is 25. The average Bonchev–Trinajstić information content (AvgIpc) is 3.07. The van der Waals surface area contributed by atoms with Crippen molar-refractivity contribution in [3.8, 4) is 0 Å². The van der Waals surface area contributed by atoms with Crippen molar-refractivity contribution in [1.82, 2.24) is 21.3 Å². The lowest BCUT2D eigenvalue weighted by Gasteiger charge is -2.26. The van der Waals surface area contributed by atoms with E-state index in [0.717, 1.165) is 5.56 Å². The van der Waals surface area contributed by atoms with Gasteiger partial charge in [-0.2, -0.15) is 0 Å². The first-order valence-electron chi connectivity index (χ1n) is 18.0. The molecule has 17 heteroatoms. The van der Waals surface area contributed by atoms with E-state index in [0.29, 0.717) is 38.8 Å². The lowest BCUT2D eigenvalue weighted by Crippen LogP contribution is -2.52. The van der Waals surface area contributed by atoms with Gasteiger partial charge in [-0.05, 0) is 91.2 Å². The van der Waals surface area contributed by atoms with Gasteiger partial charge >= 0.3 is 18.2 Å². The molecule has 0 radical (unpaired) electrons. The zero-order valence-electron chi connectivity index (χ0n) is 32.1. The highest BCUT2D eigenvalue weighted by atomic mass is 16.6. The van der Waals surface area contributed by atoms with Crippen LogP contribution < -0.4 is 21.3 Å². The summed E-state index contributed by atoms with van der Waals surface area (Å²) in [5.74, 6) is -1.62. The Bertz CT molecular complexity index is 1300. The third-order valence-corrected chi connectivity index (χ3v) is 6.89. The number of unbranched alkanes of at least 4 members (excludes halogenated alkanes) is 2. The van der Waals surface area contributed by atoms with Gasteiger partial charge in [0.15, 0.2) is 0 Å². The molecule has 1 aromatic carbocycles. The number of azide groups is 1. The number of ether oxygens (including phenoxy) is 5. The van der Waals surface area contributed by atoms with Crippen LogP contribution >= 0.6 is 0 Å². The summed E-state index contributed by atoms with van der Waals surface area (Å²) in [6, 6.07) is 7.29. The van der Waals surface area contributed by atoms with Crippen molar-refractivity contribution < 1.29 is 47.7 Å². The number of hydrogen-bond acceptors (Lipinski definition) is 11. The average molecular weight is 750 g/mol. The maximum absolute atomic E-state index is 13.6. The second-order valence-corrected chi connectivity index (χ2v) is 14.1. The summed E-state index contributed by atoms with van der Waals surface area (Å²) in [6.45, 7) is 12.2. The van der Waals surface area contributed by atoms with Crippen molar-refractivity contribution in [3.05, 3.63) is 46.3 Å². The van der Waals surface area contributed by atoms with E-state index in [9.17, 15) is 24.0 Å². The molecule has 0 spiro atoms. The van der Waals surface area contributed by atoms with Gasteiger partial charge in [-0.25, -0.2) is 14.4 Å². The number of nitrogens with one attached hydrogen (secondary N) is 4. The normalized spacial score (nSPS) is 12.3. The van der Waals surface area contributed by atoms with E-state index in [4.69, 9.17) is 29.2 Å². The molecule has 0 unspecified atom stereocenters. The van der Waals surface area contributed by atoms with E-state index < -0.39 is 53.3 Å². The molecule has 4 N–H and O–H groups in total. The molecule has 0 heterocycles. The Labute approximate surface area is 312 Å². The monoisotopic (exact) mass is 749 g/mol. The second kappa shape index (κ2) is 26.2. The van der Waals surface area contributed by atoms with Gasteiger partial charge in [-0.1, -0.05) is 35.4 Å². The summed E-state index contributed by atoms with van der Waals surface area (Å²) in [5.41, 5.74) is 7.70. The molecule has 53 heavy (non-hydrogen) atoms. The first-order valence-corrected chi connectivity index (χ1v) is 18.0. The number of hydrogen-bond donors (Lipinski definition) is 4. The van der Waals surface area contributed by atoms with Crippen molar-refractivity contribution in [2.45, 2.75) is 116 Å². The third-order valence-electron chi connectivity index (χ3n) is 6.89. The Balaban J connectivity index is 2.77. The second-order valence-electron chi connectivity index (χ2n) is 14.1. The zero-order valence-corrected chi connectivity index (χ0v) is 32.1. The Kier molecular flexibility index (Phi) is 23.0. The molecule has 0 aliphatic rings. The van der Waals surface area contributed by atoms with Gasteiger partial charge in [0.25, 0.3) is 0 Å². The summed E-state index contributed by atoms with van der Waals surface area (Å²) in [6.07, 6.45) is 1.22. The van der Waals surface area contributed by atoms with Crippen LogP contribution in [0.25, 0.3) is 10.4 Å². The summed E-state index contributed by atoms with van der Waals surface area (Å²) in [5, 5.41) is 14.2. The summed E-state index contributed by atoms with van der Waals surface area (Å²) >= 11 is 0. The molecule has 17 nitrogen and oxygen atoms in total. The highest BCUT2D eigenvalue weighted by Gasteiger charge is 2.30. The van der Waals surface area contributed by atoms with Crippen LogP contribution in [-0.4, -0.2) is 99.3 Å². The van der Waals surface area contributed by atoms with Crippen molar-refractivity contribution in [1.29, 1.82) is 0 Å². The van der Waals surface area contributed by atoms with Crippen molar-refractivity contribution in [3.63, 3.8) is 0 Å². The molecule has 0 bridgehead atoms. The number of alkyl carbamates (subject to hydrolysis) is 2. The van der Waals surface area contributed by atoms with Gasteiger partial charge in [-0.15, -0.1) is 0 Å². The molecule has 0 aliphatic heterocycles. The van der Waals surface area contributed by atoms with Crippen LogP contribution in [0.4, 0.5) is 9.59 Å². The van der Waals surface area contributed by atoms with E-state index in [-0.39, 0.29) is 58.8 Å². The zero-order chi connectivity index (χ0) is 39.5. The minimum absolute atomic E-state index is 0.0288. The highest BCUT2D eigenvalue weighted by Crippen LogP contribution is 2.13. The first-order chi connectivity index (χ1) is 25.1. The fourth-order valence-electron chi connectivity index (χ4n) is 4.48. The minimum atomic E-state index is -1.01. The first kappa shape index (κ1) is 46.4. The van der Waals surface area contributed by atoms with Crippen LogP contribution in [-0.2, 0) is 44.7 Å². The lowest BCUT2D eigenvalue weighted by atomic mass is 10.1. The Morgan fingerprint density at radius 1 is 0.736 bits per heavy atom. The largest absolute Gasteiger partial charge is 0.458 e. The number of nitrogens with zero attached hydrogens (tertiary/aromatic N) is 3. The van der Waals surface area contributed by atoms with E-state index in [1.807, 2.05) is 30.3 Å². The molecular weight excluding hydrogens is 690 g/mol. The molecule has 0 aromatic heterocycles. The molecule has 0 saturated heterocycles. The van der Waals surface area contributed by atoms with Crippen LogP contribution in [0.5, 0.6) is 0 Å². The minimum Gasteiger partial charge on any atom is -0.458 e. The molecule has 2 atom stereocenters. The van der Waals surface area contributed by atoms with Crippen molar-refractivity contribution >= 4 is 30.0 Å². The number of carbonyl (C=O) groups excluding carboxylic acids is 5. The standard InChI is InChI=1S/C36H59N7O10/c1-35(2,3)52-32(46)29(17-11-13-19-38-33(47)51-26-27-14-8-7-9-15-27)42-31(45)28(16-10-12-20-39-34(48)53-36(4,5)6)41-30(44)18-22-49-24-25-50-23-21-40-43-37/h7-9,14-15,28-29H,10-13,16-26H2,1-6H3,(H,38,47)(H,39,48)(H,41,44)(H,42,45)/t28-,29-/m0/s1. The number of amides is 4. The van der Waals surface area contributed by atoms with E-state index in [2.05, 4.69) is 31.3 Å². The molecule has 298 valence electrons. The lowest BCUT2D eigenvalue weighted by molar-refractivity contribution is -0.159.